The molecule has 1 aliphatic carbocycles. The first kappa shape index (κ1) is 16.8. The third-order valence-electron chi connectivity index (χ3n) is 5.08. The molecule has 1 atom stereocenters. The van der Waals surface area contributed by atoms with Gasteiger partial charge in [-0.3, -0.25) is 0 Å². The number of hydrogen-bond acceptors (Lipinski definition) is 4. The molecule has 1 aliphatic rings. The van der Waals surface area contributed by atoms with Crippen molar-refractivity contribution in [3.63, 3.8) is 0 Å². The van der Waals surface area contributed by atoms with Gasteiger partial charge in [0.05, 0.1) is 26.4 Å². The Morgan fingerprint density at radius 3 is 2.54 bits per heavy atom. The van der Waals surface area contributed by atoms with E-state index < -0.39 is 0 Å². The Morgan fingerprint density at radius 1 is 1.12 bits per heavy atom. The van der Waals surface area contributed by atoms with Crippen molar-refractivity contribution in [2.45, 2.75) is 31.8 Å². The van der Waals surface area contributed by atoms with E-state index in [2.05, 4.69) is 30.4 Å². The molecule has 4 nitrogen and oxygen atoms in total. The first-order valence-corrected chi connectivity index (χ1v) is 8.29. The third kappa shape index (κ3) is 2.87. The lowest BCUT2D eigenvalue weighted by Gasteiger charge is -2.30. The van der Waals surface area contributed by atoms with E-state index in [0.717, 1.165) is 35.5 Å². The fourth-order valence-corrected chi connectivity index (χ4v) is 3.57. The highest BCUT2D eigenvalue weighted by Gasteiger charge is 2.37. The molecule has 0 spiro atoms. The zero-order valence-corrected chi connectivity index (χ0v) is 14.6. The summed E-state index contributed by atoms with van der Waals surface area (Å²) in [6.07, 6.45) is 1.91. The molecular formula is C20H25NO3. The van der Waals surface area contributed by atoms with E-state index in [1.54, 1.807) is 14.2 Å². The lowest BCUT2D eigenvalue weighted by atomic mass is 9.92. The van der Waals surface area contributed by atoms with Crippen molar-refractivity contribution in [2.75, 3.05) is 20.8 Å². The Labute approximate surface area is 143 Å². The second kappa shape index (κ2) is 6.83. The smallest absolute Gasteiger partial charge is 0.161 e. The summed E-state index contributed by atoms with van der Waals surface area (Å²) in [5.74, 6) is 1.46. The van der Waals surface area contributed by atoms with Crippen LogP contribution in [0, 0.1) is 6.92 Å². The number of fused-ring (bicyclic) bond motifs is 1. The van der Waals surface area contributed by atoms with Gasteiger partial charge in [-0.25, -0.2) is 0 Å². The number of hydrogen-bond donors (Lipinski definition) is 2. The molecule has 0 aliphatic heterocycles. The van der Waals surface area contributed by atoms with Crippen molar-refractivity contribution >= 4 is 0 Å². The molecule has 0 bridgehead atoms. The first-order chi connectivity index (χ1) is 11.6. The third-order valence-corrected chi connectivity index (χ3v) is 5.08. The van der Waals surface area contributed by atoms with E-state index in [4.69, 9.17) is 9.47 Å². The quantitative estimate of drug-likeness (QED) is 0.856. The SMILES string of the molecule is COc1cc(C)c(CNC2(CO)CCc3ccccc32)cc1OC. The Morgan fingerprint density at radius 2 is 1.83 bits per heavy atom. The second-order valence-electron chi connectivity index (χ2n) is 6.38. The molecule has 0 radical (unpaired) electrons. The molecule has 24 heavy (non-hydrogen) atoms. The molecule has 2 aromatic carbocycles. The van der Waals surface area contributed by atoms with Gasteiger partial charge in [-0.2, -0.15) is 0 Å². The number of aliphatic hydroxyl groups excluding tert-OH is 1. The molecular weight excluding hydrogens is 302 g/mol. The van der Waals surface area contributed by atoms with Crippen molar-refractivity contribution in [1.82, 2.24) is 5.32 Å². The maximum absolute atomic E-state index is 10.1. The van der Waals surface area contributed by atoms with Gasteiger partial charge in [0, 0.05) is 6.54 Å². The van der Waals surface area contributed by atoms with Crippen LogP contribution in [0.15, 0.2) is 36.4 Å². The summed E-state index contributed by atoms with van der Waals surface area (Å²) < 4.78 is 10.8. The Bertz CT molecular complexity index is 729. The highest BCUT2D eigenvalue weighted by atomic mass is 16.5. The number of ether oxygens (including phenoxy) is 2. The minimum Gasteiger partial charge on any atom is -0.493 e. The first-order valence-electron chi connectivity index (χ1n) is 8.29. The van der Waals surface area contributed by atoms with Crippen LogP contribution in [0.1, 0.15) is 28.7 Å². The van der Waals surface area contributed by atoms with Gasteiger partial charge in [-0.15, -0.1) is 0 Å². The van der Waals surface area contributed by atoms with Crippen LogP contribution in [0.2, 0.25) is 0 Å². The van der Waals surface area contributed by atoms with E-state index in [-0.39, 0.29) is 12.1 Å². The van der Waals surface area contributed by atoms with Crippen LogP contribution < -0.4 is 14.8 Å². The number of aryl methyl sites for hydroxylation is 2. The summed E-state index contributed by atoms with van der Waals surface area (Å²) in [6, 6.07) is 12.4. The summed E-state index contributed by atoms with van der Waals surface area (Å²) in [5, 5.41) is 13.7. The molecule has 0 heterocycles. The van der Waals surface area contributed by atoms with Gasteiger partial charge in [0.25, 0.3) is 0 Å². The molecule has 0 amide bonds. The number of nitrogens with one attached hydrogen (secondary N) is 1. The van der Waals surface area contributed by atoms with E-state index in [0.29, 0.717) is 6.54 Å². The topological polar surface area (TPSA) is 50.7 Å². The molecule has 0 fully saturated rings. The molecule has 128 valence electrons. The van der Waals surface area contributed by atoms with Gasteiger partial charge in [0.15, 0.2) is 11.5 Å². The second-order valence-corrected chi connectivity index (χ2v) is 6.38. The number of aliphatic hydroxyl groups is 1. The van der Waals surface area contributed by atoms with Crippen LogP contribution in [0.5, 0.6) is 11.5 Å². The maximum atomic E-state index is 10.1. The van der Waals surface area contributed by atoms with Crippen LogP contribution in [0.3, 0.4) is 0 Å². The fraction of sp³-hybridized carbons (Fsp3) is 0.400. The van der Waals surface area contributed by atoms with E-state index in [1.165, 1.54) is 11.1 Å². The summed E-state index contributed by atoms with van der Waals surface area (Å²) in [4.78, 5) is 0. The van der Waals surface area contributed by atoms with Gasteiger partial charge in [-0.05, 0) is 54.2 Å². The van der Waals surface area contributed by atoms with Crippen LogP contribution in [0.4, 0.5) is 0 Å². The molecule has 0 saturated heterocycles. The van der Waals surface area contributed by atoms with E-state index >= 15 is 0 Å². The van der Waals surface area contributed by atoms with Crippen molar-refractivity contribution in [3.05, 3.63) is 58.7 Å². The van der Waals surface area contributed by atoms with Crippen molar-refractivity contribution in [3.8, 4) is 11.5 Å². The van der Waals surface area contributed by atoms with Crippen LogP contribution in [-0.4, -0.2) is 25.9 Å². The van der Waals surface area contributed by atoms with Gasteiger partial charge in [0.2, 0.25) is 0 Å². The van der Waals surface area contributed by atoms with Crippen molar-refractivity contribution < 1.29 is 14.6 Å². The fourth-order valence-electron chi connectivity index (χ4n) is 3.57. The minimum absolute atomic E-state index is 0.0936. The van der Waals surface area contributed by atoms with Gasteiger partial charge in [0.1, 0.15) is 0 Å². The highest BCUT2D eigenvalue weighted by Crippen LogP contribution is 2.37. The number of benzene rings is 2. The Balaban J connectivity index is 1.85. The molecule has 4 heteroatoms. The summed E-state index contributed by atoms with van der Waals surface area (Å²) in [5.41, 5.74) is 4.45. The van der Waals surface area contributed by atoms with Crippen LogP contribution >= 0.6 is 0 Å². The molecule has 2 aromatic rings. The monoisotopic (exact) mass is 327 g/mol. The minimum atomic E-state index is -0.365. The lowest BCUT2D eigenvalue weighted by molar-refractivity contribution is 0.158. The lowest BCUT2D eigenvalue weighted by Crippen LogP contribution is -2.43. The molecule has 0 aromatic heterocycles. The standard InChI is InChI=1S/C20H25NO3/c1-14-10-18(23-2)19(24-3)11-16(14)12-21-20(13-22)9-8-15-6-4-5-7-17(15)20/h4-7,10-11,21-22H,8-9,12-13H2,1-3H3. The predicted octanol–water partition coefficient (Wildman–Crippen LogP) is 2.94. The Kier molecular flexibility index (Phi) is 4.78. The van der Waals surface area contributed by atoms with E-state index in [1.807, 2.05) is 18.2 Å². The molecule has 3 rings (SSSR count). The largest absolute Gasteiger partial charge is 0.493 e. The van der Waals surface area contributed by atoms with Crippen LogP contribution in [-0.2, 0) is 18.5 Å². The molecule has 0 saturated carbocycles. The zero-order valence-electron chi connectivity index (χ0n) is 14.6. The summed E-state index contributed by atoms with van der Waals surface area (Å²) in [6.45, 7) is 2.82. The van der Waals surface area contributed by atoms with Crippen molar-refractivity contribution in [2.24, 2.45) is 0 Å². The highest BCUT2D eigenvalue weighted by molar-refractivity contribution is 5.47. The number of rotatable bonds is 6. The van der Waals surface area contributed by atoms with Crippen molar-refractivity contribution in [1.29, 1.82) is 0 Å². The van der Waals surface area contributed by atoms with E-state index in [9.17, 15) is 5.11 Å². The van der Waals surface area contributed by atoms with Gasteiger partial charge < -0.3 is 19.9 Å². The average Bonchev–Trinajstić information content (AvgIpc) is 3.00. The average molecular weight is 327 g/mol. The zero-order chi connectivity index (χ0) is 17.2. The molecule has 2 N–H and O–H groups in total. The number of methoxy groups -OCH3 is 2. The maximum Gasteiger partial charge on any atom is 0.161 e. The van der Waals surface area contributed by atoms with Gasteiger partial charge >= 0.3 is 0 Å². The van der Waals surface area contributed by atoms with Gasteiger partial charge in [-0.1, -0.05) is 24.3 Å². The predicted molar refractivity (Wildman–Crippen MR) is 94.6 cm³/mol. The normalized spacial score (nSPS) is 19.2. The Hall–Kier alpha value is -2.04. The summed E-state index contributed by atoms with van der Waals surface area (Å²) >= 11 is 0. The van der Waals surface area contributed by atoms with Crippen LogP contribution in [0.25, 0.3) is 0 Å². The molecule has 1 unspecified atom stereocenters. The summed E-state index contributed by atoms with van der Waals surface area (Å²) in [7, 11) is 3.29.